The number of benzene rings is 2. The maximum atomic E-state index is 13.4. The number of hydrogen-bond donors (Lipinski definition) is 3. The normalized spacial score (nSPS) is 15.0. The van der Waals surface area contributed by atoms with Gasteiger partial charge in [-0.1, -0.05) is 36.1 Å². The number of rotatable bonds is 9. The lowest BCUT2D eigenvalue weighted by Gasteiger charge is -2.26. The van der Waals surface area contributed by atoms with Crippen LogP contribution in [0.3, 0.4) is 0 Å². The number of aromatic nitrogens is 2. The van der Waals surface area contributed by atoms with E-state index in [-0.39, 0.29) is 11.7 Å². The highest BCUT2D eigenvalue weighted by atomic mass is 19.1. The molecule has 4 rings (SSSR count). The van der Waals surface area contributed by atoms with Gasteiger partial charge in [0.25, 0.3) is 5.56 Å². The van der Waals surface area contributed by atoms with E-state index in [0.717, 1.165) is 49.5 Å². The molecule has 2 heterocycles. The maximum Gasteiger partial charge on any atom is 0.293 e. The molecule has 1 aliphatic heterocycles. The summed E-state index contributed by atoms with van der Waals surface area (Å²) in [6, 6.07) is 16.2. The number of hydrogen-bond acceptors (Lipinski definition) is 6. The molecule has 0 saturated carbocycles. The summed E-state index contributed by atoms with van der Waals surface area (Å²) in [4.78, 5) is 20.7. The minimum Gasteiger partial charge on any atom is -0.502 e. The van der Waals surface area contributed by atoms with Gasteiger partial charge in [-0.2, -0.15) is 0 Å². The third-order valence-corrected chi connectivity index (χ3v) is 6.70. The Morgan fingerprint density at radius 1 is 1.11 bits per heavy atom. The molecule has 200 valence electrons. The van der Waals surface area contributed by atoms with Crippen molar-refractivity contribution >= 4 is 0 Å². The van der Waals surface area contributed by atoms with E-state index in [4.69, 9.17) is 4.74 Å². The van der Waals surface area contributed by atoms with Crippen LogP contribution in [0.15, 0.2) is 59.7 Å². The molecule has 0 aliphatic carbocycles. The molecule has 1 saturated heterocycles. The number of alkyl halides is 1. The number of morpholine rings is 1. The zero-order chi connectivity index (χ0) is 27.0. The molecule has 1 aromatic heterocycles. The molecule has 8 heteroatoms. The number of ether oxygens (including phenoxy) is 1. The number of nitrogens with one attached hydrogen (secondary N) is 2. The second kappa shape index (κ2) is 12.8. The number of halogens is 1. The van der Waals surface area contributed by atoms with Crippen molar-refractivity contribution in [3.63, 3.8) is 0 Å². The van der Waals surface area contributed by atoms with Crippen LogP contribution < -0.4 is 10.9 Å². The Kier molecular flexibility index (Phi) is 9.29. The van der Waals surface area contributed by atoms with Crippen LogP contribution in [0.2, 0.25) is 0 Å². The lowest BCUT2D eigenvalue weighted by molar-refractivity contribution is 0.0342. The van der Waals surface area contributed by atoms with Gasteiger partial charge in [-0.25, -0.2) is 9.37 Å². The molecule has 1 atom stereocenters. The van der Waals surface area contributed by atoms with Crippen molar-refractivity contribution in [2.24, 2.45) is 0 Å². The Morgan fingerprint density at radius 3 is 2.37 bits per heavy atom. The molecule has 0 unspecified atom stereocenters. The predicted octanol–water partition coefficient (Wildman–Crippen LogP) is 3.37. The molecule has 38 heavy (non-hydrogen) atoms. The Balaban J connectivity index is 1.45. The molecule has 3 N–H and O–H groups in total. The lowest BCUT2D eigenvalue weighted by Crippen LogP contribution is -2.43. The minimum absolute atomic E-state index is 0.137. The summed E-state index contributed by atoms with van der Waals surface area (Å²) in [7, 11) is 0. The molecule has 1 fully saturated rings. The molecule has 3 aromatic rings. The highest BCUT2D eigenvalue weighted by molar-refractivity contribution is 5.44. The standard InChI is InChI=1S/C30H35FN4O3/c1-30(2,20-31)34-18-26(17-27-28(36)29(37)33-21-32-27)25-11-9-23(10-12-25)4-3-22-5-7-24(8-6-22)19-35-13-15-38-16-14-35/h5-12,21,26,34,36H,13-20H2,1-2H3,(H,32,33,37)/t26-/m0/s1. The van der Waals surface area contributed by atoms with E-state index < -0.39 is 17.8 Å². The fourth-order valence-electron chi connectivity index (χ4n) is 4.26. The Bertz CT molecular complexity index is 1300. The number of aromatic amines is 1. The van der Waals surface area contributed by atoms with Gasteiger partial charge in [-0.3, -0.25) is 9.69 Å². The lowest BCUT2D eigenvalue weighted by atomic mass is 9.92. The van der Waals surface area contributed by atoms with Gasteiger partial charge in [-0.05, 0) is 49.2 Å². The smallest absolute Gasteiger partial charge is 0.293 e. The Hall–Kier alpha value is -3.51. The summed E-state index contributed by atoms with van der Waals surface area (Å²) in [6.45, 7) is 7.95. The molecule has 7 nitrogen and oxygen atoms in total. The van der Waals surface area contributed by atoms with Gasteiger partial charge in [0, 0.05) is 55.2 Å². The number of nitrogens with zero attached hydrogens (tertiary/aromatic N) is 2. The summed E-state index contributed by atoms with van der Waals surface area (Å²) in [6.07, 6.45) is 1.61. The molecule has 0 spiro atoms. The van der Waals surface area contributed by atoms with Gasteiger partial charge in [0.05, 0.1) is 25.2 Å². The third-order valence-electron chi connectivity index (χ3n) is 6.70. The first-order valence-electron chi connectivity index (χ1n) is 12.9. The van der Waals surface area contributed by atoms with E-state index in [1.165, 1.54) is 11.9 Å². The molecular weight excluding hydrogens is 483 g/mol. The van der Waals surface area contributed by atoms with Crippen molar-refractivity contribution in [1.82, 2.24) is 20.2 Å². The minimum atomic E-state index is -0.689. The van der Waals surface area contributed by atoms with Crippen molar-refractivity contribution in [2.75, 3.05) is 39.5 Å². The van der Waals surface area contributed by atoms with E-state index >= 15 is 0 Å². The van der Waals surface area contributed by atoms with Crippen LogP contribution in [0, 0.1) is 11.8 Å². The van der Waals surface area contributed by atoms with E-state index in [2.05, 4.69) is 44.2 Å². The molecular formula is C30H35FN4O3. The van der Waals surface area contributed by atoms with Crippen LogP contribution in [0.1, 0.15) is 47.7 Å². The molecule has 2 aromatic carbocycles. The average Bonchev–Trinajstić information content (AvgIpc) is 2.94. The zero-order valence-corrected chi connectivity index (χ0v) is 22.0. The molecule has 0 radical (unpaired) electrons. The second-order valence-electron chi connectivity index (χ2n) is 10.3. The van der Waals surface area contributed by atoms with Crippen LogP contribution in [0.4, 0.5) is 4.39 Å². The van der Waals surface area contributed by atoms with Crippen LogP contribution in [0.25, 0.3) is 0 Å². The van der Waals surface area contributed by atoms with E-state index in [9.17, 15) is 14.3 Å². The quantitative estimate of drug-likeness (QED) is 0.377. The maximum absolute atomic E-state index is 13.4. The van der Waals surface area contributed by atoms with Crippen molar-refractivity contribution in [3.05, 3.63) is 93.2 Å². The SMILES string of the molecule is CC(C)(CF)NC[C@H](Cc1nc[nH]c(=O)c1O)c1ccc(C#Cc2ccc(CN3CCOCC3)cc2)cc1. The largest absolute Gasteiger partial charge is 0.502 e. The number of aromatic hydroxyl groups is 1. The summed E-state index contributed by atoms with van der Waals surface area (Å²) in [5, 5.41) is 13.4. The summed E-state index contributed by atoms with van der Waals surface area (Å²) in [5.41, 5.74) is 3.10. The topological polar surface area (TPSA) is 90.5 Å². The number of H-pyrrole nitrogens is 1. The van der Waals surface area contributed by atoms with E-state index in [0.29, 0.717) is 18.7 Å². The summed E-state index contributed by atoms with van der Waals surface area (Å²) >= 11 is 0. The molecule has 0 amide bonds. The van der Waals surface area contributed by atoms with Gasteiger partial charge in [0.2, 0.25) is 5.75 Å². The first-order valence-corrected chi connectivity index (χ1v) is 12.9. The van der Waals surface area contributed by atoms with Gasteiger partial charge in [0.1, 0.15) is 6.67 Å². The highest BCUT2D eigenvalue weighted by Gasteiger charge is 2.22. The second-order valence-corrected chi connectivity index (χ2v) is 10.3. The van der Waals surface area contributed by atoms with Crippen molar-refractivity contribution in [2.45, 2.75) is 38.3 Å². The van der Waals surface area contributed by atoms with Crippen molar-refractivity contribution < 1.29 is 14.2 Å². The van der Waals surface area contributed by atoms with Gasteiger partial charge >= 0.3 is 0 Å². The first kappa shape index (κ1) is 27.5. The summed E-state index contributed by atoms with van der Waals surface area (Å²) < 4.78 is 18.8. The fourth-order valence-corrected chi connectivity index (χ4v) is 4.26. The van der Waals surface area contributed by atoms with Crippen molar-refractivity contribution in [1.29, 1.82) is 0 Å². The van der Waals surface area contributed by atoms with Gasteiger partial charge in [-0.15, -0.1) is 0 Å². The van der Waals surface area contributed by atoms with Crippen LogP contribution in [-0.4, -0.2) is 65.0 Å². The average molecular weight is 519 g/mol. The van der Waals surface area contributed by atoms with Crippen molar-refractivity contribution in [3.8, 4) is 17.6 Å². The van der Waals surface area contributed by atoms with E-state index in [1.807, 2.05) is 36.4 Å². The third kappa shape index (κ3) is 7.75. The molecule has 0 bridgehead atoms. The summed E-state index contributed by atoms with van der Waals surface area (Å²) in [5.74, 6) is 5.92. The van der Waals surface area contributed by atoms with Crippen LogP contribution in [0.5, 0.6) is 5.75 Å². The van der Waals surface area contributed by atoms with E-state index in [1.54, 1.807) is 13.8 Å². The Labute approximate surface area is 223 Å². The van der Waals surface area contributed by atoms with Crippen LogP contribution in [-0.2, 0) is 17.7 Å². The Morgan fingerprint density at radius 2 is 1.74 bits per heavy atom. The fraction of sp³-hybridized carbons (Fsp3) is 0.400. The zero-order valence-electron chi connectivity index (χ0n) is 22.0. The molecule has 1 aliphatic rings. The van der Waals surface area contributed by atoms with Gasteiger partial charge < -0.3 is 20.1 Å². The predicted molar refractivity (Wildman–Crippen MR) is 146 cm³/mol. The van der Waals surface area contributed by atoms with Gasteiger partial charge in [0.15, 0.2) is 0 Å². The monoisotopic (exact) mass is 518 g/mol. The highest BCUT2D eigenvalue weighted by Crippen LogP contribution is 2.24. The first-order chi connectivity index (χ1) is 18.3. The van der Waals surface area contributed by atoms with Crippen LogP contribution >= 0.6 is 0 Å².